The quantitative estimate of drug-likeness (QED) is 0.0821. The molecule has 8 N–H and O–H groups in total. The van der Waals surface area contributed by atoms with E-state index >= 15 is 0 Å². The predicted octanol–water partition coefficient (Wildman–Crippen LogP) is 2.25. The number of phenols is 1. The summed E-state index contributed by atoms with van der Waals surface area (Å²) in [7, 11) is 0. The van der Waals surface area contributed by atoms with Crippen molar-refractivity contribution in [3.05, 3.63) is 65.2 Å². The molecule has 0 bridgehead atoms. The maximum atomic E-state index is 14.1. The summed E-state index contributed by atoms with van der Waals surface area (Å²) in [6.45, 7) is 5.18. The van der Waals surface area contributed by atoms with Crippen LogP contribution in [0.5, 0.6) is 5.75 Å². The van der Waals surface area contributed by atoms with Crippen molar-refractivity contribution in [1.82, 2.24) is 21.3 Å². The second-order valence-corrected chi connectivity index (χ2v) is 12.8. The van der Waals surface area contributed by atoms with Gasteiger partial charge in [-0.2, -0.15) is 0 Å². The number of nitrogens with two attached hydrogens (primary N) is 1. The van der Waals surface area contributed by atoms with Crippen LogP contribution in [0.4, 0.5) is 0 Å². The van der Waals surface area contributed by atoms with Crippen molar-refractivity contribution in [3.63, 3.8) is 0 Å². The Hall–Kier alpha value is -4.74. The molecule has 3 rings (SSSR count). The van der Waals surface area contributed by atoms with E-state index in [1.807, 2.05) is 13.8 Å². The molecule has 1 aliphatic carbocycles. The first-order chi connectivity index (χ1) is 22.4. The number of phenolic OH excluding ortho intramolecular Hbond substituents is 1. The number of rotatable bonds is 16. The van der Waals surface area contributed by atoms with Crippen LogP contribution in [0.25, 0.3) is 0 Å². The molecule has 2 aromatic rings. The average Bonchev–Trinajstić information content (AvgIpc) is 3.03. The van der Waals surface area contributed by atoms with Crippen molar-refractivity contribution in [1.29, 1.82) is 5.41 Å². The monoisotopic (exact) mass is 648 g/mol. The van der Waals surface area contributed by atoms with Gasteiger partial charge in [-0.25, -0.2) is 0 Å². The minimum absolute atomic E-state index is 0.0698. The predicted molar refractivity (Wildman–Crippen MR) is 178 cm³/mol. The molecular formula is C35H48N6O6. The molecule has 4 amide bonds. The van der Waals surface area contributed by atoms with Crippen LogP contribution >= 0.6 is 0 Å². The highest BCUT2D eigenvalue weighted by Crippen LogP contribution is 2.27. The van der Waals surface area contributed by atoms with E-state index in [9.17, 15) is 29.1 Å². The Kier molecular flexibility index (Phi) is 13.9. The molecular weight excluding hydrogens is 600 g/mol. The molecule has 0 spiro atoms. The fourth-order valence-corrected chi connectivity index (χ4v) is 5.91. The first-order valence-corrected chi connectivity index (χ1v) is 16.2. The lowest BCUT2D eigenvalue weighted by Gasteiger charge is -2.32. The number of hydrogen-bond acceptors (Lipinski definition) is 7. The van der Waals surface area contributed by atoms with Crippen molar-refractivity contribution >= 4 is 35.8 Å². The van der Waals surface area contributed by atoms with Crippen LogP contribution < -0.4 is 27.0 Å². The summed E-state index contributed by atoms with van der Waals surface area (Å²) in [5.74, 6) is -2.12. The lowest BCUT2D eigenvalue weighted by Crippen LogP contribution is -2.60. The molecule has 47 heavy (non-hydrogen) atoms. The van der Waals surface area contributed by atoms with E-state index in [0.29, 0.717) is 42.2 Å². The number of nitrogen functional groups attached to an aromatic ring is 1. The maximum absolute atomic E-state index is 14.1. The van der Waals surface area contributed by atoms with Crippen molar-refractivity contribution in [2.75, 3.05) is 0 Å². The number of carbonyl (C=O) groups is 5. The van der Waals surface area contributed by atoms with Gasteiger partial charge in [-0.3, -0.25) is 24.6 Å². The third kappa shape index (κ3) is 11.8. The largest absolute Gasteiger partial charge is 0.508 e. The highest BCUT2D eigenvalue weighted by Gasteiger charge is 2.35. The Morgan fingerprint density at radius 1 is 0.830 bits per heavy atom. The van der Waals surface area contributed by atoms with Crippen LogP contribution in [0.1, 0.15) is 76.0 Å². The lowest BCUT2D eigenvalue weighted by molar-refractivity contribution is -0.135. The van der Waals surface area contributed by atoms with Gasteiger partial charge >= 0.3 is 0 Å². The maximum Gasteiger partial charge on any atom is 0.243 e. The summed E-state index contributed by atoms with van der Waals surface area (Å²) in [6, 6.07) is 9.25. The van der Waals surface area contributed by atoms with Crippen molar-refractivity contribution in [2.45, 2.75) is 96.3 Å². The molecule has 12 nitrogen and oxygen atoms in total. The van der Waals surface area contributed by atoms with Gasteiger partial charge in [-0.05, 0) is 54.4 Å². The summed E-state index contributed by atoms with van der Waals surface area (Å²) >= 11 is 0. The number of nitrogens with one attached hydrogen (secondary N) is 5. The van der Waals surface area contributed by atoms with Gasteiger partial charge in [0.15, 0.2) is 0 Å². The highest BCUT2D eigenvalue weighted by atomic mass is 16.3. The standard InChI is InChI=1S/C35H48N6O6/c1-21(2)17-27(20-42)39-33(45)30(19-23-9-13-26(14-10-23)32(36)37)40-35(47)31(25-7-5-4-6-8-25)41-34(46)29(38-22(3)43)18-24-11-15-28(44)16-12-24/h9-16,20-21,25,27,29-31,44H,4-8,17-19H2,1-3H3,(H3,36,37)(H,38,43)(H,39,45)(H,40,47)(H,41,46)/t27-,29-,30-,31-/m0/s1. The minimum Gasteiger partial charge on any atom is -0.508 e. The fourth-order valence-electron chi connectivity index (χ4n) is 5.91. The second kappa shape index (κ2) is 17.8. The van der Waals surface area contributed by atoms with Crippen LogP contribution in [0.15, 0.2) is 48.5 Å². The van der Waals surface area contributed by atoms with Crippen molar-refractivity contribution in [3.8, 4) is 5.75 Å². The molecule has 2 aromatic carbocycles. The summed E-state index contributed by atoms with van der Waals surface area (Å²) in [6.07, 6.45) is 5.51. The molecule has 12 heteroatoms. The second-order valence-electron chi connectivity index (χ2n) is 12.8. The van der Waals surface area contributed by atoms with Crippen LogP contribution in [0, 0.1) is 17.2 Å². The van der Waals surface area contributed by atoms with E-state index < -0.39 is 47.8 Å². The van der Waals surface area contributed by atoms with Gasteiger partial charge in [-0.1, -0.05) is 69.5 Å². The van der Waals surface area contributed by atoms with E-state index in [1.54, 1.807) is 36.4 Å². The first-order valence-electron chi connectivity index (χ1n) is 16.2. The average molecular weight is 649 g/mol. The summed E-state index contributed by atoms with van der Waals surface area (Å²) in [5.41, 5.74) is 7.50. The van der Waals surface area contributed by atoms with Crippen molar-refractivity contribution < 1.29 is 29.1 Å². The van der Waals surface area contributed by atoms with Gasteiger partial charge in [0, 0.05) is 25.3 Å². The molecule has 1 fully saturated rings. The normalized spacial score (nSPS) is 15.8. The molecule has 1 saturated carbocycles. The molecule has 0 heterocycles. The SMILES string of the molecule is CC(=O)N[C@@H](Cc1ccc(O)cc1)C(=O)N[C@H](C(=O)N[C@@H](Cc1ccc(C(=N)N)cc1)C(=O)N[C@H](C=O)CC(C)C)C1CCCCC1. The molecule has 254 valence electrons. The third-order valence-corrected chi connectivity index (χ3v) is 8.33. The Labute approximate surface area is 276 Å². The Balaban J connectivity index is 1.88. The summed E-state index contributed by atoms with van der Waals surface area (Å²) in [4.78, 5) is 65.2. The molecule has 0 radical (unpaired) electrons. The smallest absolute Gasteiger partial charge is 0.243 e. The summed E-state index contributed by atoms with van der Waals surface area (Å²) in [5, 5.41) is 28.5. The van der Waals surface area contributed by atoms with E-state index in [4.69, 9.17) is 11.1 Å². The fraction of sp³-hybridized carbons (Fsp3) is 0.486. The van der Waals surface area contributed by atoms with Gasteiger partial charge in [-0.15, -0.1) is 0 Å². The first kappa shape index (κ1) is 36.7. The van der Waals surface area contributed by atoms with Crippen LogP contribution in [0.2, 0.25) is 0 Å². The molecule has 0 saturated heterocycles. The number of aldehydes is 1. The summed E-state index contributed by atoms with van der Waals surface area (Å²) < 4.78 is 0. The number of hydrogen-bond donors (Lipinski definition) is 7. The molecule has 0 unspecified atom stereocenters. The van der Waals surface area contributed by atoms with Crippen LogP contribution in [-0.2, 0) is 36.8 Å². The number of amidine groups is 1. The van der Waals surface area contributed by atoms with Gasteiger partial charge in [0.05, 0.1) is 6.04 Å². The Morgan fingerprint density at radius 3 is 1.87 bits per heavy atom. The Bertz CT molecular complexity index is 1390. The molecule has 4 atom stereocenters. The van der Waals surface area contributed by atoms with Crippen molar-refractivity contribution in [2.24, 2.45) is 17.6 Å². The lowest BCUT2D eigenvalue weighted by atomic mass is 9.83. The van der Waals surface area contributed by atoms with E-state index in [0.717, 1.165) is 19.3 Å². The topological polar surface area (TPSA) is 204 Å². The zero-order valence-corrected chi connectivity index (χ0v) is 27.4. The zero-order valence-electron chi connectivity index (χ0n) is 27.4. The van der Waals surface area contributed by atoms with E-state index in [-0.39, 0.29) is 36.3 Å². The van der Waals surface area contributed by atoms with E-state index in [1.165, 1.54) is 19.1 Å². The van der Waals surface area contributed by atoms with Gasteiger partial charge in [0.1, 0.15) is 36.0 Å². The number of aromatic hydroxyl groups is 1. The van der Waals surface area contributed by atoms with Crippen LogP contribution in [0.3, 0.4) is 0 Å². The van der Waals surface area contributed by atoms with Crippen LogP contribution in [-0.4, -0.2) is 65.0 Å². The number of carbonyl (C=O) groups excluding carboxylic acids is 5. The third-order valence-electron chi connectivity index (χ3n) is 8.33. The highest BCUT2D eigenvalue weighted by molar-refractivity contribution is 5.96. The molecule has 0 aliphatic heterocycles. The minimum atomic E-state index is -1.08. The van der Waals surface area contributed by atoms with Gasteiger partial charge < -0.3 is 36.9 Å². The molecule has 0 aromatic heterocycles. The van der Waals surface area contributed by atoms with Gasteiger partial charge in [0.25, 0.3) is 0 Å². The molecule has 1 aliphatic rings. The van der Waals surface area contributed by atoms with Gasteiger partial charge in [0.2, 0.25) is 23.6 Å². The van der Waals surface area contributed by atoms with E-state index in [2.05, 4.69) is 21.3 Å². The Morgan fingerprint density at radius 2 is 1.36 bits per heavy atom. The zero-order chi connectivity index (χ0) is 34.5. The number of benzene rings is 2. The number of amides is 4.